The van der Waals surface area contributed by atoms with E-state index in [1.165, 1.54) is 0 Å². The van der Waals surface area contributed by atoms with Gasteiger partial charge >= 0.3 is 0 Å². The van der Waals surface area contributed by atoms with Crippen LogP contribution in [0.3, 0.4) is 0 Å². The Bertz CT molecular complexity index is 764. The average molecular weight is 282 g/mol. The van der Waals surface area contributed by atoms with Gasteiger partial charge in [0.05, 0.1) is 18.9 Å². The van der Waals surface area contributed by atoms with Crippen molar-refractivity contribution in [2.45, 2.75) is 12.5 Å². The van der Waals surface area contributed by atoms with Crippen LogP contribution >= 0.6 is 0 Å². The second-order valence-electron chi connectivity index (χ2n) is 5.10. The van der Waals surface area contributed by atoms with E-state index in [1.54, 1.807) is 18.0 Å². The van der Waals surface area contributed by atoms with Crippen LogP contribution in [0.15, 0.2) is 48.7 Å². The number of aromatic nitrogens is 2. The molecule has 0 radical (unpaired) electrons. The number of aliphatic hydroxyl groups is 1. The van der Waals surface area contributed by atoms with Gasteiger partial charge in [0.15, 0.2) is 0 Å². The Balaban J connectivity index is 1.98. The van der Waals surface area contributed by atoms with Crippen molar-refractivity contribution in [2.75, 3.05) is 7.11 Å². The number of aliphatic hydroxyl groups excluding tert-OH is 1. The topological polar surface area (TPSA) is 47.3 Å². The molecule has 108 valence electrons. The Labute approximate surface area is 123 Å². The lowest BCUT2D eigenvalue weighted by Crippen LogP contribution is -2.08. The summed E-state index contributed by atoms with van der Waals surface area (Å²) in [6.45, 7) is 0. The third-order valence-electron chi connectivity index (χ3n) is 3.79. The summed E-state index contributed by atoms with van der Waals surface area (Å²) in [6, 6.07) is 14.0. The highest BCUT2D eigenvalue weighted by molar-refractivity contribution is 5.87. The van der Waals surface area contributed by atoms with Crippen LogP contribution < -0.4 is 4.74 Å². The van der Waals surface area contributed by atoms with E-state index < -0.39 is 6.10 Å². The summed E-state index contributed by atoms with van der Waals surface area (Å²) >= 11 is 0. The van der Waals surface area contributed by atoms with Crippen LogP contribution in [-0.2, 0) is 13.5 Å². The average Bonchev–Trinajstić information content (AvgIpc) is 2.93. The summed E-state index contributed by atoms with van der Waals surface area (Å²) in [6.07, 6.45) is 1.67. The molecule has 1 N–H and O–H groups in total. The van der Waals surface area contributed by atoms with Crippen molar-refractivity contribution >= 4 is 10.8 Å². The van der Waals surface area contributed by atoms with Gasteiger partial charge in [0.25, 0.3) is 0 Å². The van der Waals surface area contributed by atoms with Crippen LogP contribution in [0.1, 0.15) is 17.4 Å². The molecule has 1 heterocycles. The number of benzene rings is 2. The van der Waals surface area contributed by atoms with Gasteiger partial charge in [-0.1, -0.05) is 24.3 Å². The molecule has 0 fully saturated rings. The van der Waals surface area contributed by atoms with Gasteiger partial charge in [-0.25, -0.2) is 0 Å². The lowest BCUT2D eigenvalue weighted by molar-refractivity contribution is 0.169. The molecule has 0 spiro atoms. The van der Waals surface area contributed by atoms with Gasteiger partial charge in [-0.05, 0) is 34.5 Å². The van der Waals surface area contributed by atoms with Gasteiger partial charge in [0.1, 0.15) is 5.75 Å². The summed E-state index contributed by atoms with van der Waals surface area (Å²) in [4.78, 5) is 0. The van der Waals surface area contributed by atoms with E-state index in [9.17, 15) is 5.11 Å². The number of methoxy groups -OCH3 is 1. The second-order valence-corrected chi connectivity index (χ2v) is 5.10. The van der Waals surface area contributed by atoms with Gasteiger partial charge < -0.3 is 9.84 Å². The van der Waals surface area contributed by atoms with E-state index in [2.05, 4.69) is 11.2 Å². The van der Waals surface area contributed by atoms with Gasteiger partial charge in [-0.2, -0.15) is 5.10 Å². The first-order valence-corrected chi connectivity index (χ1v) is 6.90. The molecule has 3 rings (SSSR count). The highest BCUT2D eigenvalue weighted by Crippen LogP contribution is 2.27. The molecular weight excluding hydrogens is 264 g/mol. The third-order valence-corrected chi connectivity index (χ3v) is 3.79. The first-order valence-electron chi connectivity index (χ1n) is 6.90. The van der Waals surface area contributed by atoms with Crippen molar-refractivity contribution in [3.05, 3.63) is 59.9 Å². The van der Waals surface area contributed by atoms with E-state index in [4.69, 9.17) is 4.74 Å². The normalized spacial score (nSPS) is 12.5. The Hall–Kier alpha value is -2.33. The number of nitrogens with zero attached hydrogens (tertiary/aromatic N) is 2. The molecule has 1 atom stereocenters. The number of hydrogen-bond acceptors (Lipinski definition) is 3. The lowest BCUT2D eigenvalue weighted by Gasteiger charge is -2.13. The fourth-order valence-corrected chi connectivity index (χ4v) is 2.65. The van der Waals surface area contributed by atoms with Crippen molar-refractivity contribution in [1.29, 1.82) is 0 Å². The summed E-state index contributed by atoms with van der Waals surface area (Å²) in [7, 11) is 3.50. The Morgan fingerprint density at radius 1 is 1.24 bits per heavy atom. The molecular formula is C17H18N2O2. The fraction of sp³-hybridized carbons (Fsp3) is 0.235. The highest BCUT2D eigenvalue weighted by atomic mass is 16.5. The Morgan fingerprint density at radius 3 is 2.81 bits per heavy atom. The molecule has 2 aromatic carbocycles. The highest BCUT2D eigenvalue weighted by Gasteiger charge is 2.14. The molecule has 21 heavy (non-hydrogen) atoms. The van der Waals surface area contributed by atoms with Crippen LogP contribution in [0, 0.1) is 0 Å². The van der Waals surface area contributed by atoms with E-state index in [0.717, 1.165) is 27.8 Å². The van der Waals surface area contributed by atoms with E-state index in [-0.39, 0.29) is 0 Å². The first kappa shape index (κ1) is 13.6. The predicted molar refractivity (Wildman–Crippen MR) is 82.4 cm³/mol. The van der Waals surface area contributed by atoms with Crippen molar-refractivity contribution in [3.63, 3.8) is 0 Å². The zero-order valence-electron chi connectivity index (χ0n) is 12.2. The van der Waals surface area contributed by atoms with Crippen molar-refractivity contribution in [1.82, 2.24) is 9.78 Å². The molecule has 0 aliphatic carbocycles. The van der Waals surface area contributed by atoms with Crippen molar-refractivity contribution in [3.8, 4) is 5.75 Å². The molecule has 4 nitrogen and oxygen atoms in total. The Morgan fingerprint density at radius 2 is 2.10 bits per heavy atom. The zero-order chi connectivity index (χ0) is 14.8. The number of aryl methyl sites for hydroxylation is 1. The summed E-state index contributed by atoms with van der Waals surface area (Å²) in [5.41, 5.74) is 1.91. The minimum atomic E-state index is -0.575. The maximum absolute atomic E-state index is 10.4. The van der Waals surface area contributed by atoms with Crippen LogP contribution in [0.4, 0.5) is 0 Å². The van der Waals surface area contributed by atoms with Crippen LogP contribution in [0.5, 0.6) is 5.75 Å². The molecule has 1 unspecified atom stereocenters. The number of rotatable bonds is 4. The first-order chi connectivity index (χ1) is 10.2. The Kier molecular flexibility index (Phi) is 3.62. The zero-order valence-corrected chi connectivity index (χ0v) is 12.2. The quantitative estimate of drug-likeness (QED) is 0.800. The van der Waals surface area contributed by atoms with Crippen LogP contribution in [-0.4, -0.2) is 22.0 Å². The van der Waals surface area contributed by atoms with Crippen LogP contribution in [0.2, 0.25) is 0 Å². The van der Waals surface area contributed by atoms with Crippen LogP contribution in [0.25, 0.3) is 10.8 Å². The van der Waals surface area contributed by atoms with Gasteiger partial charge in [-0.15, -0.1) is 0 Å². The van der Waals surface area contributed by atoms with E-state index in [0.29, 0.717) is 6.42 Å². The van der Waals surface area contributed by atoms with Crippen molar-refractivity contribution in [2.24, 2.45) is 7.05 Å². The summed E-state index contributed by atoms with van der Waals surface area (Å²) < 4.78 is 7.00. The lowest BCUT2D eigenvalue weighted by atomic mass is 9.98. The number of fused-ring (bicyclic) bond motifs is 1. The predicted octanol–water partition coefficient (Wildman–Crippen LogP) is 2.86. The molecule has 0 saturated heterocycles. The maximum atomic E-state index is 10.4. The second kappa shape index (κ2) is 5.58. The third kappa shape index (κ3) is 2.62. The maximum Gasteiger partial charge on any atom is 0.119 e. The summed E-state index contributed by atoms with van der Waals surface area (Å²) in [5.74, 6) is 0.824. The SMILES string of the molecule is COc1ccc2cccc(CC(O)c3ccnn3C)c2c1. The minimum Gasteiger partial charge on any atom is -0.497 e. The molecule has 4 heteroatoms. The fourth-order valence-electron chi connectivity index (χ4n) is 2.65. The minimum absolute atomic E-state index is 0.546. The molecule has 0 aliphatic rings. The largest absolute Gasteiger partial charge is 0.497 e. The monoisotopic (exact) mass is 282 g/mol. The number of ether oxygens (including phenoxy) is 1. The standard InChI is InChI=1S/C17H18N2O2/c1-19-16(8-9-18-19)17(20)10-13-5-3-4-12-6-7-14(21-2)11-15(12)13/h3-9,11,17,20H,10H2,1-2H3. The molecule has 3 aromatic rings. The summed E-state index contributed by atoms with van der Waals surface area (Å²) in [5, 5.41) is 16.8. The van der Waals surface area contributed by atoms with Crippen molar-refractivity contribution < 1.29 is 9.84 Å². The molecule has 0 aliphatic heterocycles. The smallest absolute Gasteiger partial charge is 0.119 e. The van der Waals surface area contributed by atoms with Gasteiger partial charge in [0.2, 0.25) is 0 Å². The van der Waals surface area contributed by atoms with E-state index in [1.807, 2.05) is 43.4 Å². The number of hydrogen-bond donors (Lipinski definition) is 1. The van der Waals surface area contributed by atoms with E-state index >= 15 is 0 Å². The molecule has 1 aromatic heterocycles. The molecule has 0 bridgehead atoms. The molecule has 0 amide bonds. The van der Waals surface area contributed by atoms with Gasteiger partial charge in [-0.3, -0.25) is 4.68 Å². The molecule has 0 saturated carbocycles. The van der Waals surface area contributed by atoms with Gasteiger partial charge in [0, 0.05) is 19.7 Å².